The summed E-state index contributed by atoms with van der Waals surface area (Å²) in [5.74, 6) is 1.85. The van der Waals surface area contributed by atoms with Crippen molar-refractivity contribution in [1.82, 2.24) is 0 Å². The molecule has 0 saturated heterocycles. The van der Waals surface area contributed by atoms with Gasteiger partial charge >= 0.3 is 0 Å². The highest BCUT2D eigenvalue weighted by Gasteiger charge is 2.20. The van der Waals surface area contributed by atoms with Gasteiger partial charge in [0.15, 0.2) is 0 Å². The zero-order valence-corrected chi connectivity index (χ0v) is 20.2. The third-order valence-electron chi connectivity index (χ3n) is 7.25. The first-order chi connectivity index (χ1) is 17.8. The highest BCUT2D eigenvalue weighted by atomic mass is 32.1. The van der Waals surface area contributed by atoms with Crippen LogP contribution in [0.3, 0.4) is 0 Å². The molecule has 0 amide bonds. The van der Waals surface area contributed by atoms with E-state index in [4.69, 9.17) is 4.74 Å². The van der Waals surface area contributed by atoms with E-state index in [9.17, 15) is 0 Å². The Kier molecular flexibility index (Phi) is 4.16. The topological polar surface area (TPSA) is 9.23 Å². The summed E-state index contributed by atoms with van der Waals surface area (Å²) in [6.07, 6.45) is 0. The molecule has 0 aliphatic carbocycles. The molecule has 0 saturated carbocycles. The minimum Gasteiger partial charge on any atom is -0.456 e. The first-order valence-corrected chi connectivity index (χ1v) is 13.0. The molecule has 1 nitrogen and oxygen atoms in total. The third-order valence-corrected chi connectivity index (χ3v) is 8.47. The lowest BCUT2D eigenvalue weighted by molar-refractivity contribution is 0.487. The Morgan fingerprint density at radius 3 is 2.22 bits per heavy atom. The van der Waals surface area contributed by atoms with Crippen molar-refractivity contribution in [3.05, 3.63) is 121 Å². The zero-order chi connectivity index (χ0) is 23.6. The molecule has 36 heavy (non-hydrogen) atoms. The van der Waals surface area contributed by atoms with Crippen LogP contribution in [0, 0.1) is 0 Å². The Balaban J connectivity index is 1.34. The van der Waals surface area contributed by atoms with Crippen molar-refractivity contribution in [2.75, 3.05) is 0 Å². The van der Waals surface area contributed by atoms with E-state index >= 15 is 0 Å². The van der Waals surface area contributed by atoms with Crippen LogP contribution in [0.2, 0.25) is 0 Å². The highest BCUT2D eigenvalue weighted by Crippen LogP contribution is 2.48. The maximum absolute atomic E-state index is 6.24. The summed E-state index contributed by atoms with van der Waals surface area (Å²) < 4.78 is 8.92. The quantitative estimate of drug-likeness (QED) is 0.241. The monoisotopic (exact) mass is 476 g/mol. The largest absolute Gasteiger partial charge is 0.456 e. The zero-order valence-electron chi connectivity index (χ0n) is 19.4. The second kappa shape index (κ2) is 7.55. The molecule has 7 aromatic rings. The number of hydrogen-bond acceptors (Lipinski definition) is 2. The van der Waals surface area contributed by atoms with E-state index in [0.717, 1.165) is 17.1 Å². The van der Waals surface area contributed by atoms with E-state index < -0.39 is 0 Å². The summed E-state index contributed by atoms with van der Waals surface area (Å²) in [7, 11) is 0. The summed E-state index contributed by atoms with van der Waals surface area (Å²) in [4.78, 5) is 0. The van der Waals surface area contributed by atoms with Crippen LogP contribution in [-0.4, -0.2) is 0 Å². The van der Waals surface area contributed by atoms with Gasteiger partial charge in [-0.2, -0.15) is 0 Å². The van der Waals surface area contributed by atoms with Gasteiger partial charge in [0, 0.05) is 31.1 Å². The van der Waals surface area contributed by atoms with Crippen LogP contribution in [0.15, 0.2) is 121 Å². The normalized spacial score (nSPS) is 12.1. The smallest absolute Gasteiger partial charge is 0.135 e. The van der Waals surface area contributed by atoms with Gasteiger partial charge < -0.3 is 4.74 Å². The van der Waals surface area contributed by atoms with Gasteiger partial charge in [0.2, 0.25) is 0 Å². The maximum atomic E-state index is 6.24. The van der Waals surface area contributed by atoms with E-state index in [2.05, 4.69) is 115 Å². The third kappa shape index (κ3) is 2.89. The van der Waals surface area contributed by atoms with Gasteiger partial charge in [-0.25, -0.2) is 0 Å². The van der Waals surface area contributed by atoms with Crippen molar-refractivity contribution in [3.8, 4) is 44.9 Å². The molecule has 0 atom stereocenters. The molecule has 1 aliphatic rings. The lowest BCUT2D eigenvalue weighted by atomic mass is 9.90. The number of para-hydroxylation sites is 1. The van der Waals surface area contributed by atoms with Gasteiger partial charge in [0.25, 0.3) is 0 Å². The molecule has 168 valence electrons. The molecule has 0 bridgehead atoms. The molecule has 0 unspecified atom stereocenters. The van der Waals surface area contributed by atoms with E-state index in [1.165, 1.54) is 58.8 Å². The lowest BCUT2D eigenvalue weighted by Crippen LogP contribution is -1.97. The molecule has 0 N–H and O–H groups in total. The van der Waals surface area contributed by atoms with Gasteiger partial charge in [0.1, 0.15) is 11.5 Å². The summed E-state index contributed by atoms with van der Waals surface area (Å²) in [5, 5.41) is 5.05. The van der Waals surface area contributed by atoms with Gasteiger partial charge in [0.05, 0.1) is 0 Å². The number of fused-ring (bicyclic) bond motifs is 5. The SMILES string of the molecule is c1cc(-c2cc3c4c(cccc4c2)Oc2ccccc2-3)cc(-c2cccc3c2sc2ccccc23)c1. The summed E-state index contributed by atoms with van der Waals surface area (Å²) in [5.41, 5.74) is 7.36. The molecule has 0 fully saturated rings. The fraction of sp³-hybridized carbons (Fsp3) is 0. The van der Waals surface area contributed by atoms with Crippen molar-refractivity contribution >= 4 is 42.3 Å². The van der Waals surface area contributed by atoms with E-state index in [0.29, 0.717) is 0 Å². The molecule has 8 rings (SSSR count). The Morgan fingerprint density at radius 1 is 0.472 bits per heavy atom. The Labute approximate surface area is 212 Å². The number of ether oxygens (including phenoxy) is 1. The van der Waals surface area contributed by atoms with E-state index in [-0.39, 0.29) is 0 Å². The molecule has 2 heterocycles. The average molecular weight is 477 g/mol. The van der Waals surface area contributed by atoms with Crippen LogP contribution in [0.25, 0.3) is 64.3 Å². The van der Waals surface area contributed by atoms with Crippen molar-refractivity contribution in [2.24, 2.45) is 0 Å². The molecule has 1 aromatic heterocycles. The second-order valence-electron chi connectivity index (χ2n) is 9.34. The fourth-order valence-corrected chi connectivity index (χ4v) is 6.83. The summed E-state index contributed by atoms with van der Waals surface area (Å²) in [6.45, 7) is 0. The van der Waals surface area contributed by atoms with Gasteiger partial charge in [-0.15, -0.1) is 11.3 Å². The highest BCUT2D eigenvalue weighted by molar-refractivity contribution is 7.26. The van der Waals surface area contributed by atoms with E-state index in [1.54, 1.807) is 0 Å². The van der Waals surface area contributed by atoms with Gasteiger partial charge in [-0.05, 0) is 69.6 Å². The van der Waals surface area contributed by atoms with Crippen LogP contribution in [0.5, 0.6) is 11.5 Å². The molecular formula is C34H20OS. The molecule has 0 radical (unpaired) electrons. The van der Waals surface area contributed by atoms with Crippen LogP contribution in [0.1, 0.15) is 0 Å². The van der Waals surface area contributed by atoms with Crippen LogP contribution >= 0.6 is 11.3 Å². The summed E-state index contributed by atoms with van der Waals surface area (Å²) >= 11 is 1.88. The minimum atomic E-state index is 0.917. The number of hydrogen-bond donors (Lipinski definition) is 0. The number of rotatable bonds is 2. The Bertz CT molecular complexity index is 1980. The van der Waals surface area contributed by atoms with Crippen molar-refractivity contribution in [3.63, 3.8) is 0 Å². The van der Waals surface area contributed by atoms with Crippen LogP contribution in [0.4, 0.5) is 0 Å². The van der Waals surface area contributed by atoms with Gasteiger partial charge in [-0.3, -0.25) is 0 Å². The predicted molar refractivity (Wildman–Crippen MR) is 153 cm³/mol. The predicted octanol–water partition coefficient (Wildman–Crippen LogP) is 10.3. The average Bonchev–Trinajstić information content (AvgIpc) is 3.32. The van der Waals surface area contributed by atoms with E-state index in [1.807, 2.05) is 17.4 Å². The maximum Gasteiger partial charge on any atom is 0.135 e. The Hall–Kier alpha value is -4.40. The molecule has 1 aliphatic heterocycles. The first kappa shape index (κ1) is 19.9. The molecule has 2 heteroatoms. The first-order valence-electron chi connectivity index (χ1n) is 12.2. The standard InChI is InChI=1S/C34H20OS/c1-3-15-30-26(11-1)29-20-24(19-23-10-6-16-31(35-30)33(23)29)21-8-5-9-22(18-21)25-13-7-14-28-27-12-2-4-17-32(27)36-34(25)28/h1-20H. The van der Waals surface area contributed by atoms with Crippen LogP contribution < -0.4 is 4.74 Å². The summed E-state index contributed by atoms with van der Waals surface area (Å²) in [6, 6.07) is 43.6. The number of thiophene rings is 1. The lowest BCUT2D eigenvalue weighted by Gasteiger charge is -2.22. The minimum absolute atomic E-state index is 0.917. The Morgan fingerprint density at radius 2 is 1.22 bits per heavy atom. The fourth-order valence-electron chi connectivity index (χ4n) is 5.60. The van der Waals surface area contributed by atoms with Crippen molar-refractivity contribution in [2.45, 2.75) is 0 Å². The van der Waals surface area contributed by atoms with Crippen molar-refractivity contribution < 1.29 is 4.74 Å². The molecular weight excluding hydrogens is 456 g/mol. The van der Waals surface area contributed by atoms with Crippen molar-refractivity contribution in [1.29, 1.82) is 0 Å². The van der Waals surface area contributed by atoms with Gasteiger partial charge in [-0.1, -0.05) is 84.9 Å². The van der Waals surface area contributed by atoms with Crippen LogP contribution in [-0.2, 0) is 0 Å². The number of benzene rings is 6. The molecule has 6 aromatic carbocycles. The molecule has 0 spiro atoms. The second-order valence-corrected chi connectivity index (χ2v) is 10.4.